The van der Waals surface area contributed by atoms with Gasteiger partial charge in [0.2, 0.25) is 11.8 Å². The fourth-order valence-corrected chi connectivity index (χ4v) is 3.91. The Hall–Kier alpha value is -2.53. The largest absolute Gasteiger partial charge is 0.372 e. The zero-order chi connectivity index (χ0) is 19.5. The number of hydrogen-bond acceptors (Lipinski definition) is 3. The summed E-state index contributed by atoms with van der Waals surface area (Å²) >= 11 is 5.94. The van der Waals surface area contributed by atoms with Gasteiger partial charge in [0, 0.05) is 35.2 Å². The van der Waals surface area contributed by atoms with Crippen LogP contribution in [0.2, 0.25) is 5.02 Å². The number of nitrogens with one attached hydrogen (secondary N) is 2. The Labute approximate surface area is 170 Å². The molecule has 6 heteroatoms. The summed E-state index contributed by atoms with van der Waals surface area (Å²) in [6.07, 6.45) is 4.35. The van der Waals surface area contributed by atoms with E-state index in [-0.39, 0.29) is 23.7 Å². The summed E-state index contributed by atoms with van der Waals surface area (Å²) in [6, 6.07) is 15.0. The molecule has 1 saturated heterocycles. The molecule has 1 saturated carbocycles. The van der Waals surface area contributed by atoms with E-state index < -0.39 is 0 Å². The van der Waals surface area contributed by atoms with Gasteiger partial charge in [0.15, 0.2) is 0 Å². The van der Waals surface area contributed by atoms with Gasteiger partial charge in [-0.05, 0) is 68.1 Å². The summed E-state index contributed by atoms with van der Waals surface area (Å²) in [7, 11) is 0. The molecule has 2 amide bonds. The van der Waals surface area contributed by atoms with Gasteiger partial charge in [0.25, 0.3) is 0 Å². The van der Waals surface area contributed by atoms with Crippen LogP contribution in [0, 0.1) is 11.8 Å². The molecule has 4 rings (SSSR count). The Morgan fingerprint density at radius 3 is 2.14 bits per heavy atom. The first-order valence-corrected chi connectivity index (χ1v) is 10.2. The third kappa shape index (κ3) is 4.47. The maximum absolute atomic E-state index is 12.5. The third-order valence-electron chi connectivity index (χ3n) is 5.41. The summed E-state index contributed by atoms with van der Waals surface area (Å²) in [5, 5.41) is 6.33. The quantitative estimate of drug-likeness (QED) is 0.778. The number of nitrogens with zero attached hydrogens (tertiary/aromatic N) is 1. The molecule has 2 aromatic rings. The molecule has 1 aliphatic heterocycles. The van der Waals surface area contributed by atoms with Crippen molar-refractivity contribution in [3.8, 4) is 0 Å². The second-order valence-corrected chi connectivity index (χ2v) is 7.97. The van der Waals surface area contributed by atoms with Gasteiger partial charge in [-0.1, -0.05) is 17.7 Å². The lowest BCUT2D eigenvalue weighted by Gasteiger charge is -2.28. The van der Waals surface area contributed by atoms with Gasteiger partial charge in [-0.25, -0.2) is 0 Å². The predicted molar refractivity (Wildman–Crippen MR) is 113 cm³/mol. The second-order valence-electron chi connectivity index (χ2n) is 7.53. The lowest BCUT2D eigenvalue weighted by atomic mass is 10.1. The van der Waals surface area contributed by atoms with Gasteiger partial charge < -0.3 is 15.5 Å². The van der Waals surface area contributed by atoms with Gasteiger partial charge in [-0.2, -0.15) is 0 Å². The molecule has 2 atom stereocenters. The molecule has 0 spiro atoms. The third-order valence-corrected chi connectivity index (χ3v) is 5.65. The van der Waals surface area contributed by atoms with Crippen molar-refractivity contribution in [2.24, 2.45) is 11.8 Å². The number of rotatable bonds is 5. The zero-order valence-electron chi connectivity index (χ0n) is 15.7. The van der Waals surface area contributed by atoms with Crippen LogP contribution < -0.4 is 15.5 Å². The fraction of sp³-hybridized carbons (Fsp3) is 0.364. The Morgan fingerprint density at radius 1 is 0.857 bits per heavy atom. The average molecular weight is 398 g/mol. The molecule has 1 heterocycles. The Balaban J connectivity index is 1.29. The van der Waals surface area contributed by atoms with Crippen LogP contribution in [0.4, 0.5) is 17.1 Å². The maximum Gasteiger partial charge on any atom is 0.228 e. The van der Waals surface area contributed by atoms with Crippen LogP contribution in [0.5, 0.6) is 0 Å². The van der Waals surface area contributed by atoms with Crippen molar-refractivity contribution in [3.63, 3.8) is 0 Å². The van der Waals surface area contributed by atoms with Crippen LogP contribution in [0.3, 0.4) is 0 Å². The van der Waals surface area contributed by atoms with E-state index >= 15 is 0 Å². The highest BCUT2D eigenvalue weighted by Crippen LogP contribution is 2.40. The molecular weight excluding hydrogens is 374 g/mol. The normalized spacial score (nSPS) is 21.1. The van der Waals surface area contributed by atoms with Crippen LogP contribution in [-0.2, 0) is 9.59 Å². The minimum absolute atomic E-state index is 0.100. The van der Waals surface area contributed by atoms with Gasteiger partial charge in [0.1, 0.15) is 0 Å². The van der Waals surface area contributed by atoms with E-state index in [4.69, 9.17) is 11.6 Å². The van der Waals surface area contributed by atoms with Gasteiger partial charge >= 0.3 is 0 Å². The van der Waals surface area contributed by atoms with Crippen LogP contribution in [0.15, 0.2) is 48.5 Å². The lowest BCUT2D eigenvalue weighted by molar-refractivity contribution is -0.122. The van der Waals surface area contributed by atoms with Gasteiger partial charge in [-0.3, -0.25) is 9.59 Å². The zero-order valence-corrected chi connectivity index (χ0v) is 16.4. The number of carbonyl (C=O) groups is 2. The monoisotopic (exact) mass is 397 g/mol. The molecule has 2 N–H and O–H groups in total. The molecule has 0 radical (unpaired) electrons. The number of halogens is 1. The molecule has 28 heavy (non-hydrogen) atoms. The van der Waals surface area contributed by atoms with E-state index in [1.807, 2.05) is 12.1 Å². The summed E-state index contributed by atoms with van der Waals surface area (Å²) in [6.45, 7) is 2.19. The van der Waals surface area contributed by atoms with Crippen LogP contribution >= 0.6 is 11.6 Å². The SMILES string of the molecule is O=C(Nc1ccc(N2CCCCC2)cc1)C1CC1C(=O)Nc1cccc(Cl)c1. The van der Waals surface area contributed by atoms with E-state index in [0.717, 1.165) is 18.8 Å². The highest BCUT2D eigenvalue weighted by atomic mass is 35.5. The first kappa shape index (κ1) is 18.8. The summed E-state index contributed by atoms with van der Waals surface area (Å²) in [5.41, 5.74) is 2.62. The Kier molecular flexibility index (Phi) is 5.53. The topological polar surface area (TPSA) is 61.4 Å². The molecule has 2 fully saturated rings. The highest BCUT2D eigenvalue weighted by Gasteiger charge is 2.48. The molecule has 0 aromatic heterocycles. The van der Waals surface area contributed by atoms with E-state index in [2.05, 4.69) is 27.7 Å². The van der Waals surface area contributed by atoms with Crippen LogP contribution in [0.25, 0.3) is 0 Å². The number of amides is 2. The van der Waals surface area contributed by atoms with Crippen molar-refractivity contribution < 1.29 is 9.59 Å². The first-order chi connectivity index (χ1) is 13.6. The van der Waals surface area contributed by atoms with Crippen molar-refractivity contribution in [2.75, 3.05) is 28.6 Å². The van der Waals surface area contributed by atoms with Crippen molar-refractivity contribution in [1.82, 2.24) is 0 Å². The number of benzene rings is 2. The predicted octanol–water partition coefficient (Wildman–Crippen LogP) is 4.54. The minimum atomic E-state index is -0.286. The molecule has 146 valence electrons. The minimum Gasteiger partial charge on any atom is -0.372 e. The van der Waals surface area contributed by atoms with E-state index in [1.54, 1.807) is 24.3 Å². The number of carbonyl (C=O) groups excluding carboxylic acids is 2. The van der Waals surface area contributed by atoms with E-state index in [9.17, 15) is 9.59 Å². The molecule has 0 bridgehead atoms. The molecule has 2 aromatic carbocycles. The molecule has 5 nitrogen and oxygen atoms in total. The van der Waals surface area contributed by atoms with E-state index in [0.29, 0.717) is 17.1 Å². The average Bonchev–Trinajstić information content (AvgIpc) is 3.51. The smallest absolute Gasteiger partial charge is 0.228 e. The van der Waals surface area contributed by atoms with E-state index in [1.165, 1.54) is 24.9 Å². The van der Waals surface area contributed by atoms with Crippen molar-refractivity contribution in [2.45, 2.75) is 25.7 Å². The summed E-state index contributed by atoms with van der Waals surface area (Å²) < 4.78 is 0. The van der Waals surface area contributed by atoms with Gasteiger partial charge in [-0.15, -0.1) is 0 Å². The Bertz CT molecular complexity index is 862. The standard InChI is InChI=1S/C22H24ClN3O2/c23-15-5-4-6-17(13-15)25-22(28)20-14-19(20)21(27)24-16-7-9-18(10-8-16)26-11-2-1-3-12-26/h4-10,13,19-20H,1-3,11-12,14H2,(H,24,27)(H,25,28). The molecule has 1 aliphatic carbocycles. The number of piperidine rings is 1. The Morgan fingerprint density at radius 2 is 1.50 bits per heavy atom. The van der Waals surface area contributed by atoms with Crippen molar-refractivity contribution >= 4 is 40.5 Å². The summed E-state index contributed by atoms with van der Waals surface area (Å²) in [5.74, 6) is -0.799. The number of anilines is 3. The highest BCUT2D eigenvalue weighted by molar-refractivity contribution is 6.30. The van der Waals surface area contributed by atoms with Crippen LogP contribution in [0.1, 0.15) is 25.7 Å². The second kappa shape index (κ2) is 8.23. The molecule has 2 aliphatic rings. The maximum atomic E-state index is 12.5. The first-order valence-electron chi connectivity index (χ1n) is 9.82. The molecule has 2 unspecified atom stereocenters. The summed E-state index contributed by atoms with van der Waals surface area (Å²) in [4.78, 5) is 27.2. The van der Waals surface area contributed by atoms with Crippen molar-refractivity contribution in [3.05, 3.63) is 53.6 Å². The fourth-order valence-electron chi connectivity index (χ4n) is 3.72. The number of hydrogen-bond donors (Lipinski definition) is 2. The lowest BCUT2D eigenvalue weighted by Crippen LogP contribution is -2.29. The van der Waals surface area contributed by atoms with Crippen molar-refractivity contribution in [1.29, 1.82) is 0 Å². The molecular formula is C22H24ClN3O2. The van der Waals surface area contributed by atoms with Crippen LogP contribution in [-0.4, -0.2) is 24.9 Å². The van der Waals surface area contributed by atoms with Gasteiger partial charge in [0.05, 0.1) is 11.8 Å².